The second kappa shape index (κ2) is 5.77. The van der Waals surface area contributed by atoms with Gasteiger partial charge in [0.25, 0.3) is 0 Å². The number of fused-ring (bicyclic) bond motifs is 1. The molecule has 2 aromatic heterocycles. The molecule has 0 radical (unpaired) electrons. The van der Waals surface area contributed by atoms with Crippen LogP contribution in [0.25, 0.3) is 11.0 Å². The lowest BCUT2D eigenvalue weighted by molar-refractivity contribution is 0.0927. The van der Waals surface area contributed by atoms with E-state index in [1.807, 2.05) is 24.3 Å². The monoisotopic (exact) mass is 298 g/mol. The fourth-order valence-electron chi connectivity index (χ4n) is 2.03. The molecule has 2 heterocycles. The number of hydrogen-bond acceptors (Lipinski definition) is 5. The summed E-state index contributed by atoms with van der Waals surface area (Å²) in [6.45, 7) is 1.74. The first kappa shape index (κ1) is 13.9. The lowest BCUT2D eigenvalue weighted by Gasteiger charge is -1.99. The molecular weight excluding hydrogens is 284 g/mol. The first-order valence-corrected chi connectivity index (χ1v) is 6.64. The SMILES string of the molecule is COc1cccc2cc(C(C)=NNC(=O)c3ccco3)oc12. The minimum atomic E-state index is -0.418. The number of para-hydroxylation sites is 1. The Labute approximate surface area is 126 Å². The molecule has 3 aromatic rings. The lowest BCUT2D eigenvalue weighted by atomic mass is 10.2. The number of methoxy groups -OCH3 is 1. The summed E-state index contributed by atoms with van der Waals surface area (Å²) in [6.07, 6.45) is 1.43. The molecular formula is C16H14N2O4. The fraction of sp³-hybridized carbons (Fsp3) is 0.125. The van der Waals surface area contributed by atoms with Gasteiger partial charge < -0.3 is 13.6 Å². The Kier molecular flexibility index (Phi) is 3.65. The molecule has 0 fully saturated rings. The normalized spacial score (nSPS) is 11.6. The van der Waals surface area contributed by atoms with Gasteiger partial charge in [-0.1, -0.05) is 12.1 Å². The Balaban J connectivity index is 1.84. The maximum atomic E-state index is 11.8. The van der Waals surface area contributed by atoms with E-state index in [2.05, 4.69) is 10.5 Å². The van der Waals surface area contributed by atoms with Gasteiger partial charge in [-0.15, -0.1) is 0 Å². The Morgan fingerprint density at radius 1 is 1.23 bits per heavy atom. The third-order valence-corrected chi connectivity index (χ3v) is 3.15. The molecule has 1 N–H and O–H groups in total. The smallest absolute Gasteiger partial charge is 0.307 e. The highest BCUT2D eigenvalue weighted by Gasteiger charge is 2.12. The molecule has 0 saturated carbocycles. The largest absolute Gasteiger partial charge is 0.493 e. The van der Waals surface area contributed by atoms with Gasteiger partial charge in [0.15, 0.2) is 22.9 Å². The van der Waals surface area contributed by atoms with Crippen LogP contribution in [0, 0.1) is 0 Å². The molecule has 0 saturated heterocycles. The van der Waals surface area contributed by atoms with Crippen molar-refractivity contribution < 1.29 is 18.4 Å². The summed E-state index contributed by atoms with van der Waals surface area (Å²) in [4.78, 5) is 11.8. The van der Waals surface area contributed by atoms with E-state index in [0.29, 0.717) is 22.8 Å². The molecule has 22 heavy (non-hydrogen) atoms. The van der Waals surface area contributed by atoms with Crippen LogP contribution >= 0.6 is 0 Å². The van der Waals surface area contributed by atoms with Crippen LogP contribution < -0.4 is 10.2 Å². The number of amides is 1. The number of ether oxygens (including phenoxy) is 1. The highest BCUT2D eigenvalue weighted by Crippen LogP contribution is 2.28. The molecule has 112 valence electrons. The van der Waals surface area contributed by atoms with E-state index >= 15 is 0 Å². The van der Waals surface area contributed by atoms with E-state index in [4.69, 9.17) is 13.6 Å². The molecule has 0 spiro atoms. The van der Waals surface area contributed by atoms with Crippen molar-refractivity contribution in [1.29, 1.82) is 0 Å². The molecule has 0 aliphatic rings. The average Bonchev–Trinajstić information content (AvgIpc) is 3.20. The molecule has 0 unspecified atom stereocenters. The van der Waals surface area contributed by atoms with Crippen LogP contribution in [0.15, 0.2) is 56.6 Å². The Bertz CT molecular complexity index is 831. The highest BCUT2D eigenvalue weighted by molar-refractivity contribution is 6.01. The zero-order valence-electron chi connectivity index (χ0n) is 12.1. The first-order valence-electron chi connectivity index (χ1n) is 6.64. The van der Waals surface area contributed by atoms with E-state index in [-0.39, 0.29) is 5.76 Å². The van der Waals surface area contributed by atoms with Gasteiger partial charge in [-0.05, 0) is 31.2 Å². The minimum Gasteiger partial charge on any atom is -0.493 e. The van der Waals surface area contributed by atoms with Crippen molar-refractivity contribution in [2.24, 2.45) is 5.10 Å². The fourth-order valence-corrected chi connectivity index (χ4v) is 2.03. The van der Waals surface area contributed by atoms with Crippen LogP contribution in [-0.4, -0.2) is 18.7 Å². The predicted molar refractivity (Wildman–Crippen MR) is 81.2 cm³/mol. The molecule has 0 aliphatic carbocycles. The molecule has 6 heteroatoms. The van der Waals surface area contributed by atoms with Crippen molar-refractivity contribution in [3.8, 4) is 5.75 Å². The van der Waals surface area contributed by atoms with Gasteiger partial charge >= 0.3 is 5.91 Å². The van der Waals surface area contributed by atoms with Crippen molar-refractivity contribution in [3.63, 3.8) is 0 Å². The number of hydrogen-bond donors (Lipinski definition) is 1. The zero-order valence-corrected chi connectivity index (χ0v) is 12.1. The van der Waals surface area contributed by atoms with Gasteiger partial charge in [0, 0.05) is 5.39 Å². The van der Waals surface area contributed by atoms with Gasteiger partial charge in [-0.2, -0.15) is 5.10 Å². The van der Waals surface area contributed by atoms with Crippen molar-refractivity contribution in [1.82, 2.24) is 5.43 Å². The summed E-state index contributed by atoms with van der Waals surface area (Å²) in [5.74, 6) is 0.983. The first-order chi connectivity index (χ1) is 10.7. The minimum absolute atomic E-state index is 0.197. The van der Waals surface area contributed by atoms with Crippen LogP contribution in [0.2, 0.25) is 0 Å². The van der Waals surface area contributed by atoms with E-state index in [0.717, 1.165) is 5.39 Å². The molecule has 0 aliphatic heterocycles. The van der Waals surface area contributed by atoms with E-state index in [1.165, 1.54) is 6.26 Å². The van der Waals surface area contributed by atoms with Gasteiger partial charge in [-0.3, -0.25) is 4.79 Å². The number of carbonyl (C=O) groups is 1. The number of hydrazone groups is 1. The summed E-state index contributed by atoms with van der Waals surface area (Å²) in [5, 5.41) is 4.93. The molecule has 0 atom stereocenters. The van der Waals surface area contributed by atoms with Crippen LogP contribution in [0.4, 0.5) is 0 Å². The molecule has 6 nitrogen and oxygen atoms in total. The summed E-state index contributed by atoms with van der Waals surface area (Å²) >= 11 is 0. The van der Waals surface area contributed by atoms with Crippen molar-refractivity contribution in [3.05, 3.63) is 54.2 Å². The second-order valence-corrected chi connectivity index (χ2v) is 4.60. The second-order valence-electron chi connectivity index (χ2n) is 4.60. The van der Waals surface area contributed by atoms with Crippen molar-refractivity contribution in [2.45, 2.75) is 6.92 Å². The number of furan rings is 2. The van der Waals surface area contributed by atoms with Crippen molar-refractivity contribution >= 4 is 22.6 Å². The molecule has 1 aromatic carbocycles. The number of carbonyl (C=O) groups excluding carboxylic acids is 1. The summed E-state index contributed by atoms with van der Waals surface area (Å²) < 4.78 is 16.0. The highest BCUT2D eigenvalue weighted by atomic mass is 16.5. The Morgan fingerprint density at radius 2 is 2.09 bits per heavy atom. The Morgan fingerprint density at radius 3 is 2.82 bits per heavy atom. The number of rotatable bonds is 4. The summed E-state index contributed by atoms with van der Waals surface area (Å²) in [5.41, 5.74) is 3.61. The third kappa shape index (κ3) is 2.58. The van der Waals surface area contributed by atoms with E-state index in [9.17, 15) is 4.79 Å². The molecule has 0 bridgehead atoms. The van der Waals surface area contributed by atoms with Gasteiger partial charge in [0.05, 0.1) is 13.4 Å². The standard InChI is InChI=1S/C16H14N2O4/c1-10(17-18-16(19)13-7-4-8-21-13)14-9-11-5-3-6-12(20-2)15(11)22-14/h3-9H,1-2H3,(H,18,19). The van der Waals surface area contributed by atoms with Crippen molar-refractivity contribution in [2.75, 3.05) is 7.11 Å². The van der Waals surface area contributed by atoms with Gasteiger partial charge in [0.1, 0.15) is 5.71 Å². The van der Waals surface area contributed by atoms with E-state index < -0.39 is 5.91 Å². The maximum Gasteiger partial charge on any atom is 0.307 e. The molecule has 3 rings (SSSR count). The zero-order chi connectivity index (χ0) is 15.5. The van der Waals surface area contributed by atoms with Gasteiger partial charge in [0.2, 0.25) is 0 Å². The number of nitrogens with zero attached hydrogens (tertiary/aromatic N) is 1. The number of nitrogens with one attached hydrogen (secondary N) is 1. The van der Waals surface area contributed by atoms with Gasteiger partial charge in [-0.25, -0.2) is 5.43 Å². The third-order valence-electron chi connectivity index (χ3n) is 3.15. The topological polar surface area (TPSA) is 77.0 Å². The predicted octanol–water partition coefficient (Wildman–Crippen LogP) is 3.19. The summed E-state index contributed by atoms with van der Waals surface area (Å²) in [7, 11) is 1.58. The van der Waals surface area contributed by atoms with Crippen LogP contribution in [0.1, 0.15) is 23.2 Å². The van der Waals surface area contributed by atoms with Crippen LogP contribution in [-0.2, 0) is 0 Å². The summed E-state index contributed by atoms with van der Waals surface area (Å²) in [6, 6.07) is 10.7. The average molecular weight is 298 g/mol. The lowest BCUT2D eigenvalue weighted by Crippen LogP contribution is -2.18. The quantitative estimate of drug-likeness (QED) is 0.592. The maximum absolute atomic E-state index is 11.8. The van der Waals surface area contributed by atoms with Crippen LogP contribution in [0.5, 0.6) is 5.75 Å². The Hall–Kier alpha value is -3.02. The van der Waals surface area contributed by atoms with E-state index in [1.54, 1.807) is 26.2 Å². The molecule has 1 amide bonds. The van der Waals surface area contributed by atoms with Crippen LogP contribution in [0.3, 0.4) is 0 Å². The number of benzene rings is 1.